The molecule has 8 nitrogen and oxygen atoms in total. The van der Waals surface area contributed by atoms with Crippen molar-refractivity contribution in [2.24, 2.45) is 11.5 Å². The van der Waals surface area contributed by atoms with Gasteiger partial charge in [-0.3, -0.25) is 9.35 Å². The van der Waals surface area contributed by atoms with Gasteiger partial charge in [0.2, 0.25) is 0 Å². The molecule has 0 spiro atoms. The van der Waals surface area contributed by atoms with Crippen LogP contribution >= 0.6 is 0 Å². The molecule has 0 fully saturated rings. The van der Waals surface area contributed by atoms with Gasteiger partial charge >= 0.3 is 5.97 Å². The molecule has 110 valence electrons. The maximum absolute atomic E-state index is 10.1. The zero-order chi connectivity index (χ0) is 14.6. The lowest BCUT2D eigenvalue weighted by Crippen LogP contribution is -2.29. The maximum Gasteiger partial charge on any atom is 0.320 e. The van der Waals surface area contributed by atoms with E-state index in [0.29, 0.717) is 19.5 Å². The molecule has 18 heavy (non-hydrogen) atoms. The van der Waals surface area contributed by atoms with E-state index in [1.807, 2.05) is 0 Å². The number of aliphatic carboxylic acids is 1. The molecule has 0 heterocycles. The Hall–Kier alpha value is -0.740. The molecule has 0 amide bonds. The molecule has 0 aromatic heterocycles. The van der Waals surface area contributed by atoms with Gasteiger partial charge in [-0.2, -0.15) is 8.42 Å². The summed E-state index contributed by atoms with van der Waals surface area (Å²) in [6.45, 7) is 0.894. The first-order chi connectivity index (χ1) is 8.24. The van der Waals surface area contributed by atoms with Crippen LogP contribution in [-0.4, -0.2) is 56.0 Å². The predicted octanol–water partition coefficient (Wildman–Crippen LogP) is -1.38. The highest BCUT2D eigenvalue weighted by Crippen LogP contribution is 1.96. The molecular weight excluding hydrogens is 262 g/mol. The standard InChI is InChI=1S/C6H14N2O2.C3H9NO3S/c7-4-2-1-3-5(8)6(9)10;1-4-2-3-8(5,6)7/h5H,1-4,7-8H2,(H,9,10);4H,2-3H2,1H3,(H,5,6,7). The Morgan fingerprint density at radius 3 is 2.22 bits per heavy atom. The minimum atomic E-state index is -3.75. The van der Waals surface area contributed by atoms with Crippen molar-refractivity contribution in [3.8, 4) is 0 Å². The van der Waals surface area contributed by atoms with Gasteiger partial charge in [0.25, 0.3) is 10.1 Å². The highest BCUT2D eigenvalue weighted by Gasteiger charge is 2.09. The van der Waals surface area contributed by atoms with Crippen molar-refractivity contribution in [3.63, 3.8) is 0 Å². The summed E-state index contributed by atoms with van der Waals surface area (Å²) >= 11 is 0. The quantitative estimate of drug-likeness (QED) is 0.270. The zero-order valence-corrected chi connectivity index (χ0v) is 11.3. The van der Waals surface area contributed by atoms with Crippen LogP contribution in [0, 0.1) is 0 Å². The van der Waals surface area contributed by atoms with Gasteiger partial charge in [0.15, 0.2) is 0 Å². The molecule has 0 saturated heterocycles. The van der Waals surface area contributed by atoms with Gasteiger partial charge in [0.05, 0.1) is 5.75 Å². The van der Waals surface area contributed by atoms with E-state index in [2.05, 4.69) is 5.32 Å². The number of nitrogens with two attached hydrogens (primary N) is 2. The number of carboxylic acids is 1. The van der Waals surface area contributed by atoms with Crippen LogP contribution in [0.4, 0.5) is 0 Å². The molecule has 0 aromatic carbocycles. The normalized spacial score (nSPS) is 12.4. The molecule has 0 bridgehead atoms. The average molecular weight is 285 g/mol. The van der Waals surface area contributed by atoms with Crippen LogP contribution in [0.5, 0.6) is 0 Å². The zero-order valence-electron chi connectivity index (χ0n) is 10.5. The molecule has 0 rings (SSSR count). The summed E-state index contributed by atoms with van der Waals surface area (Å²) in [7, 11) is -2.13. The van der Waals surface area contributed by atoms with Crippen LogP contribution in [0.2, 0.25) is 0 Å². The summed E-state index contributed by atoms with van der Waals surface area (Å²) in [6.07, 6.45) is 2.16. The van der Waals surface area contributed by atoms with Crippen molar-refractivity contribution in [1.29, 1.82) is 0 Å². The second-order valence-corrected chi connectivity index (χ2v) is 5.19. The second-order valence-electron chi connectivity index (χ2n) is 3.62. The van der Waals surface area contributed by atoms with Gasteiger partial charge in [-0.1, -0.05) is 6.42 Å². The SMILES string of the molecule is CNCCS(=O)(=O)O.NCCCCC(N)C(=O)O. The molecule has 0 saturated carbocycles. The minimum Gasteiger partial charge on any atom is -0.480 e. The molecule has 1 atom stereocenters. The maximum atomic E-state index is 10.1. The van der Waals surface area contributed by atoms with Crippen molar-refractivity contribution in [3.05, 3.63) is 0 Å². The Balaban J connectivity index is 0. The van der Waals surface area contributed by atoms with Gasteiger partial charge < -0.3 is 21.9 Å². The number of rotatable bonds is 8. The molecule has 1 unspecified atom stereocenters. The number of unbranched alkanes of at least 4 members (excludes halogenated alkanes) is 1. The van der Waals surface area contributed by atoms with E-state index in [9.17, 15) is 13.2 Å². The fourth-order valence-electron chi connectivity index (χ4n) is 0.863. The molecule has 0 aliphatic rings. The minimum absolute atomic E-state index is 0.219. The molecule has 0 aliphatic heterocycles. The Morgan fingerprint density at radius 1 is 1.39 bits per heavy atom. The van der Waals surface area contributed by atoms with E-state index in [1.165, 1.54) is 0 Å². The van der Waals surface area contributed by atoms with Crippen LogP contribution in [-0.2, 0) is 14.9 Å². The van der Waals surface area contributed by atoms with Crippen molar-refractivity contribution >= 4 is 16.1 Å². The van der Waals surface area contributed by atoms with Gasteiger partial charge in [0.1, 0.15) is 6.04 Å². The lowest BCUT2D eigenvalue weighted by atomic mass is 10.1. The molecule has 0 aromatic rings. The van der Waals surface area contributed by atoms with Crippen LogP contribution < -0.4 is 16.8 Å². The van der Waals surface area contributed by atoms with Crippen LogP contribution in [0.1, 0.15) is 19.3 Å². The largest absolute Gasteiger partial charge is 0.480 e. The first kappa shape index (κ1) is 19.6. The summed E-state index contributed by atoms with van der Waals surface area (Å²) < 4.78 is 27.9. The van der Waals surface area contributed by atoms with Crippen LogP contribution in [0.15, 0.2) is 0 Å². The molecule has 7 N–H and O–H groups in total. The monoisotopic (exact) mass is 285 g/mol. The predicted molar refractivity (Wildman–Crippen MR) is 68.9 cm³/mol. The molecule has 0 aliphatic carbocycles. The third kappa shape index (κ3) is 17.6. The highest BCUT2D eigenvalue weighted by molar-refractivity contribution is 7.85. The lowest BCUT2D eigenvalue weighted by molar-refractivity contribution is -0.138. The fraction of sp³-hybridized carbons (Fsp3) is 0.889. The van der Waals surface area contributed by atoms with Crippen molar-refractivity contribution in [1.82, 2.24) is 5.32 Å². The summed E-state index contributed by atoms with van der Waals surface area (Å²) in [5.41, 5.74) is 10.4. The summed E-state index contributed by atoms with van der Waals surface area (Å²) in [6, 6.07) is -0.716. The second kappa shape index (κ2) is 11.4. The van der Waals surface area contributed by atoms with E-state index in [-0.39, 0.29) is 5.75 Å². The summed E-state index contributed by atoms with van der Waals surface area (Å²) in [4.78, 5) is 10.1. The van der Waals surface area contributed by atoms with E-state index in [0.717, 1.165) is 12.8 Å². The third-order valence-corrected chi connectivity index (χ3v) is 2.62. The van der Waals surface area contributed by atoms with Gasteiger partial charge in [0, 0.05) is 6.54 Å². The molecule has 9 heteroatoms. The number of nitrogens with one attached hydrogen (secondary N) is 1. The average Bonchev–Trinajstić information content (AvgIpc) is 2.26. The lowest BCUT2D eigenvalue weighted by Gasteiger charge is -2.03. The number of hydrogen-bond donors (Lipinski definition) is 5. The van der Waals surface area contributed by atoms with Gasteiger partial charge in [-0.05, 0) is 26.4 Å². The number of hydrogen-bond acceptors (Lipinski definition) is 6. The Kier molecular flexibility index (Phi) is 12.4. The molecule has 0 radical (unpaired) electrons. The van der Waals surface area contributed by atoms with E-state index >= 15 is 0 Å². The Labute approximate surface area is 107 Å². The first-order valence-corrected chi connectivity index (χ1v) is 7.13. The van der Waals surface area contributed by atoms with E-state index in [4.69, 9.17) is 21.1 Å². The smallest absolute Gasteiger partial charge is 0.320 e. The van der Waals surface area contributed by atoms with Crippen LogP contribution in [0.3, 0.4) is 0 Å². The third-order valence-electron chi connectivity index (χ3n) is 1.90. The van der Waals surface area contributed by atoms with Crippen molar-refractivity contribution in [2.45, 2.75) is 25.3 Å². The fourth-order valence-corrected chi connectivity index (χ4v) is 1.33. The Morgan fingerprint density at radius 2 is 1.94 bits per heavy atom. The molecular formula is C9H23N3O5S. The van der Waals surface area contributed by atoms with Gasteiger partial charge in [-0.25, -0.2) is 0 Å². The van der Waals surface area contributed by atoms with Gasteiger partial charge in [-0.15, -0.1) is 0 Å². The van der Waals surface area contributed by atoms with Crippen molar-refractivity contribution in [2.75, 3.05) is 25.9 Å². The first-order valence-electron chi connectivity index (χ1n) is 5.52. The summed E-state index contributed by atoms with van der Waals surface area (Å²) in [5, 5.41) is 10.9. The van der Waals surface area contributed by atoms with Crippen molar-refractivity contribution < 1.29 is 22.9 Å². The Bertz CT molecular complexity index is 307. The van der Waals surface area contributed by atoms with E-state index < -0.39 is 22.1 Å². The van der Waals surface area contributed by atoms with E-state index in [1.54, 1.807) is 7.05 Å². The topological polar surface area (TPSA) is 156 Å². The highest BCUT2D eigenvalue weighted by atomic mass is 32.2. The summed E-state index contributed by atoms with van der Waals surface area (Å²) in [5.74, 6) is -1.15. The number of carbonyl (C=O) groups is 1. The van der Waals surface area contributed by atoms with Crippen LogP contribution in [0.25, 0.3) is 0 Å². The number of carboxylic acid groups (broad SMARTS) is 1.